The molecule has 1 spiro atoms. The molecule has 3 aromatic rings. The van der Waals surface area contributed by atoms with Gasteiger partial charge < -0.3 is 15.3 Å². The molecule has 2 N–H and O–H groups in total. The summed E-state index contributed by atoms with van der Waals surface area (Å²) in [5.41, 5.74) is 5.94. The zero-order chi connectivity index (χ0) is 26.3. The minimum atomic E-state index is -0.791. The number of carboxylic acids is 1. The Hall–Kier alpha value is -3.26. The van der Waals surface area contributed by atoms with Crippen LogP contribution in [0.25, 0.3) is 5.69 Å². The van der Waals surface area contributed by atoms with Crippen molar-refractivity contribution in [2.45, 2.75) is 58.0 Å². The van der Waals surface area contributed by atoms with Crippen molar-refractivity contribution in [3.05, 3.63) is 70.7 Å². The van der Waals surface area contributed by atoms with Gasteiger partial charge in [-0.3, -0.25) is 4.79 Å². The van der Waals surface area contributed by atoms with E-state index in [1.165, 1.54) is 30.5 Å². The highest BCUT2D eigenvalue weighted by molar-refractivity contribution is 5.68. The van der Waals surface area contributed by atoms with Gasteiger partial charge in [-0.05, 0) is 92.3 Å². The number of alkyl halides is 1. The second-order valence-corrected chi connectivity index (χ2v) is 11.5. The zero-order valence-corrected chi connectivity index (χ0v) is 22.0. The van der Waals surface area contributed by atoms with E-state index in [1.807, 2.05) is 31.2 Å². The molecule has 0 radical (unpaired) electrons. The molecule has 2 aliphatic heterocycles. The highest BCUT2D eigenvalue weighted by Gasteiger charge is 2.56. The quantitative estimate of drug-likeness (QED) is 0.419. The summed E-state index contributed by atoms with van der Waals surface area (Å²) in [5.74, 6) is 0.808. The van der Waals surface area contributed by atoms with Gasteiger partial charge in [-0.2, -0.15) is 5.10 Å². The van der Waals surface area contributed by atoms with Crippen LogP contribution < -0.4 is 5.32 Å². The molecule has 0 amide bonds. The van der Waals surface area contributed by atoms with Crippen LogP contribution in [0.3, 0.4) is 0 Å². The molecular weight excluding hydrogens is 481 g/mol. The van der Waals surface area contributed by atoms with E-state index in [2.05, 4.69) is 27.4 Å². The van der Waals surface area contributed by atoms with Crippen molar-refractivity contribution in [1.82, 2.24) is 19.7 Å². The van der Waals surface area contributed by atoms with E-state index >= 15 is 0 Å². The smallest absolute Gasteiger partial charge is 0.304 e. The predicted molar refractivity (Wildman–Crippen MR) is 144 cm³/mol. The number of nitrogens with one attached hydrogen (secondary N) is 1. The molecule has 1 saturated carbocycles. The number of anilines is 1. The van der Waals surface area contributed by atoms with E-state index in [0.717, 1.165) is 61.8 Å². The SMILES string of the molecule is Cc1cc(CF)nn1-c1cccc(C(CC(=O)O)CN2CCC3(CC3Cc3ccc4c(n3)NCCC4)C2)c1. The number of fused-ring (bicyclic) bond motifs is 1. The van der Waals surface area contributed by atoms with Crippen LogP contribution in [-0.4, -0.2) is 56.9 Å². The Balaban J connectivity index is 1.13. The van der Waals surface area contributed by atoms with Crippen LogP contribution in [0.1, 0.15) is 59.8 Å². The van der Waals surface area contributed by atoms with Gasteiger partial charge in [-0.15, -0.1) is 0 Å². The molecule has 200 valence electrons. The van der Waals surface area contributed by atoms with E-state index < -0.39 is 12.6 Å². The van der Waals surface area contributed by atoms with Crippen LogP contribution in [0.15, 0.2) is 42.5 Å². The molecule has 0 bridgehead atoms. The minimum Gasteiger partial charge on any atom is -0.481 e. The number of aryl methyl sites for hydroxylation is 2. The lowest BCUT2D eigenvalue weighted by atomic mass is 9.94. The first kappa shape index (κ1) is 25.0. The van der Waals surface area contributed by atoms with Crippen LogP contribution in [0, 0.1) is 18.3 Å². The van der Waals surface area contributed by atoms with E-state index in [-0.39, 0.29) is 12.3 Å². The molecule has 2 aromatic heterocycles. The Morgan fingerprint density at radius 3 is 2.97 bits per heavy atom. The van der Waals surface area contributed by atoms with Gasteiger partial charge in [0, 0.05) is 36.9 Å². The number of pyridine rings is 1. The van der Waals surface area contributed by atoms with Gasteiger partial charge in [0.2, 0.25) is 0 Å². The summed E-state index contributed by atoms with van der Waals surface area (Å²) in [7, 11) is 0. The topological polar surface area (TPSA) is 83.3 Å². The van der Waals surface area contributed by atoms with Crippen molar-refractivity contribution in [2.24, 2.45) is 11.3 Å². The zero-order valence-electron chi connectivity index (χ0n) is 22.0. The third kappa shape index (κ3) is 5.06. The third-order valence-electron chi connectivity index (χ3n) is 8.79. The average Bonchev–Trinajstić information content (AvgIpc) is 3.20. The molecule has 3 unspecified atom stereocenters. The van der Waals surface area contributed by atoms with Crippen LogP contribution in [0.5, 0.6) is 0 Å². The second-order valence-electron chi connectivity index (χ2n) is 11.5. The second kappa shape index (κ2) is 10.1. The summed E-state index contributed by atoms with van der Waals surface area (Å²) in [6.45, 7) is 5.05. The maximum absolute atomic E-state index is 13.1. The van der Waals surface area contributed by atoms with Crippen molar-refractivity contribution in [2.75, 3.05) is 31.5 Å². The summed E-state index contributed by atoms with van der Waals surface area (Å²) in [4.78, 5) is 19.2. The lowest BCUT2D eigenvalue weighted by molar-refractivity contribution is -0.137. The van der Waals surface area contributed by atoms with E-state index in [4.69, 9.17) is 4.98 Å². The van der Waals surface area contributed by atoms with Crippen LogP contribution in [-0.2, 0) is 24.3 Å². The normalized spacial score (nSPS) is 23.3. The van der Waals surface area contributed by atoms with Gasteiger partial charge >= 0.3 is 5.97 Å². The first-order valence-corrected chi connectivity index (χ1v) is 13.8. The van der Waals surface area contributed by atoms with Crippen molar-refractivity contribution < 1.29 is 14.3 Å². The number of carboxylic acid groups (broad SMARTS) is 1. The number of benzene rings is 1. The van der Waals surface area contributed by atoms with Gasteiger partial charge in [-0.1, -0.05) is 18.2 Å². The Morgan fingerprint density at radius 2 is 2.16 bits per heavy atom. The number of rotatable bonds is 9. The van der Waals surface area contributed by atoms with Crippen LogP contribution >= 0.6 is 0 Å². The first-order chi connectivity index (χ1) is 18.4. The van der Waals surface area contributed by atoms with Gasteiger partial charge in [0.25, 0.3) is 0 Å². The number of hydrogen-bond donors (Lipinski definition) is 2. The molecule has 1 aromatic carbocycles. The van der Waals surface area contributed by atoms with Gasteiger partial charge in [0.05, 0.1) is 17.8 Å². The van der Waals surface area contributed by atoms with E-state index in [9.17, 15) is 14.3 Å². The lowest BCUT2D eigenvalue weighted by Crippen LogP contribution is -2.28. The lowest BCUT2D eigenvalue weighted by Gasteiger charge is -2.24. The molecule has 4 heterocycles. The minimum absolute atomic E-state index is 0.0796. The summed E-state index contributed by atoms with van der Waals surface area (Å²) in [5, 5.41) is 17.5. The van der Waals surface area contributed by atoms with E-state index in [0.29, 0.717) is 17.0 Å². The predicted octanol–water partition coefficient (Wildman–Crippen LogP) is 4.92. The number of aromatic nitrogens is 3. The number of nitrogens with zero attached hydrogens (tertiary/aromatic N) is 4. The number of hydrogen-bond acceptors (Lipinski definition) is 5. The number of aliphatic carboxylic acids is 1. The van der Waals surface area contributed by atoms with E-state index in [1.54, 1.807) is 10.7 Å². The molecule has 7 nitrogen and oxygen atoms in total. The fourth-order valence-electron chi connectivity index (χ4n) is 6.68. The Bertz CT molecular complexity index is 1340. The average molecular weight is 518 g/mol. The molecular formula is C30H36FN5O2. The number of likely N-dealkylation sites (tertiary alicyclic amines) is 1. The molecule has 3 atom stereocenters. The number of halogens is 1. The maximum Gasteiger partial charge on any atom is 0.304 e. The first-order valence-electron chi connectivity index (χ1n) is 13.8. The monoisotopic (exact) mass is 517 g/mol. The summed E-state index contributed by atoms with van der Waals surface area (Å²) >= 11 is 0. The Kier molecular flexibility index (Phi) is 6.68. The van der Waals surface area contributed by atoms with Crippen LogP contribution in [0.2, 0.25) is 0 Å². The molecule has 2 fully saturated rings. The van der Waals surface area contributed by atoms with Crippen molar-refractivity contribution in [1.29, 1.82) is 0 Å². The summed E-state index contributed by atoms with van der Waals surface area (Å²) < 4.78 is 14.9. The summed E-state index contributed by atoms with van der Waals surface area (Å²) in [6, 6.07) is 14.1. The molecule has 1 saturated heterocycles. The molecule has 3 aliphatic rings. The Morgan fingerprint density at radius 1 is 1.26 bits per heavy atom. The van der Waals surface area contributed by atoms with Gasteiger partial charge in [-0.25, -0.2) is 14.1 Å². The Labute approximate surface area is 223 Å². The summed E-state index contributed by atoms with van der Waals surface area (Å²) in [6.07, 6.45) is 5.78. The molecule has 38 heavy (non-hydrogen) atoms. The van der Waals surface area contributed by atoms with Crippen molar-refractivity contribution >= 4 is 11.8 Å². The number of carbonyl (C=O) groups is 1. The van der Waals surface area contributed by atoms with Crippen molar-refractivity contribution in [3.8, 4) is 5.69 Å². The third-order valence-corrected chi connectivity index (χ3v) is 8.79. The van der Waals surface area contributed by atoms with Crippen LogP contribution in [0.4, 0.5) is 10.2 Å². The molecule has 1 aliphatic carbocycles. The fourth-order valence-corrected chi connectivity index (χ4v) is 6.68. The molecule has 8 heteroatoms. The van der Waals surface area contributed by atoms with Crippen molar-refractivity contribution in [3.63, 3.8) is 0 Å². The highest BCUT2D eigenvalue weighted by atomic mass is 19.1. The standard InChI is InChI=1S/C30H36FN5O2/c1-20-12-26(17-31)34-36(20)27-6-2-4-22(13-27)23(14-28(37)38)18-35-11-9-30(19-35)16-24(30)15-25-8-7-21-5-3-10-32-29(21)33-25/h2,4,6-8,12-13,23-24H,3,5,9-11,14-19H2,1H3,(H,32,33)(H,37,38). The fraction of sp³-hybridized carbons (Fsp3) is 0.500. The van der Waals surface area contributed by atoms with Gasteiger partial charge in [0.15, 0.2) is 0 Å². The van der Waals surface area contributed by atoms with Gasteiger partial charge in [0.1, 0.15) is 12.5 Å². The molecule has 6 rings (SSSR count). The maximum atomic E-state index is 13.1. The largest absolute Gasteiger partial charge is 0.481 e. The highest BCUT2D eigenvalue weighted by Crippen LogP contribution is 2.59.